The number of alkyl halides is 1. The fraction of sp³-hybridized carbons (Fsp3) is 0.600. The van der Waals surface area contributed by atoms with Crippen LogP contribution in [0.4, 0.5) is 5.69 Å². The molecule has 0 spiro atoms. The molecule has 2 heterocycles. The topological polar surface area (TPSA) is 99.5 Å². The number of rotatable bonds is 6. The number of carbonyl (C=O) groups excluding carboxylic acids is 2. The molecule has 0 saturated carbocycles. The number of piperidine rings is 1. The molecule has 3 rings (SSSR count). The van der Waals surface area contributed by atoms with Gasteiger partial charge in [-0.3, -0.25) is 19.9 Å². The first-order valence-corrected chi connectivity index (χ1v) is 10.8. The van der Waals surface area contributed by atoms with E-state index in [0.717, 1.165) is 43.7 Å². The van der Waals surface area contributed by atoms with Crippen LogP contribution in [0.2, 0.25) is 0 Å². The summed E-state index contributed by atoms with van der Waals surface area (Å²) in [5.74, 6) is 0.166. The molecule has 7 nitrogen and oxygen atoms in total. The summed E-state index contributed by atoms with van der Waals surface area (Å²) < 4.78 is 0. The molecule has 28 heavy (non-hydrogen) atoms. The van der Waals surface area contributed by atoms with Crippen molar-refractivity contribution in [2.75, 3.05) is 18.4 Å². The zero-order valence-corrected chi connectivity index (χ0v) is 18.0. The van der Waals surface area contributed by atoms with Crippen LogP contribution < -0.4 is 21.9 Å². The van der Waals surface area contributed by atoms with Gasteiger partial charge in [0, 0.05) is 24.2 Å². The molecule has 0 aromatic heterocycles. The van der Waals surface area contributed by atoms with Gasteiger partial charge in [-0.1, -0.05) is 41.9 Å². The highest BCUT2D eigenvalue weighted by molar-refractivity contribution is 9.09. The average Bonchev–Trinajstić information content (AvgIpc) is 3.04. The quantitative estimate of drug-likeness (QED) is 0.492. The zero-order chi connectivity index (χ0) is 20.3. The van der Waals surface area contributed by atoms with Crippen LogP contribution in [0.5, 0.6) is 0 Å². The van der Waals surface area contributed by atoms with Gasteiger partial charge in [-0.05, 0) is 49.5 Å². The molecule has 1 aromatic carbocycles. The van der Waals surface area contributed by atoms with Crippen LogP contribution in [0, 0.1) is 11.8 Å². The van der Waals surface area contributed by atoms with Crippen molar-refractivity contribution in [1.29, 1.82) is 0 Å². The Labute approximate surface area is 174 Å². The molecule has 0 radical (unpaired) electrons. The van der Waals surface area contributed by atoms with Crippen LogP contribution in [0.1, 0.15) is 32.3 Å². The number of hydrazine groups is 1. The Hall–Kier alpha value is -1.48. The fourth-order valence-electron chi connectivity index (χ4n) is 3.90. The van der Waals surface area contributed by atoms with E-state index in [0.29, 0.717) is 5.92 Å². The van der Waals surface area contributed by atoms with E-state index in [4.69, 9.17) is 5.73 Å². The molecule has 2 aliphatic heterocycles. The highest BCUT2D eigenvalue weighted by Crippen LogP contribution is 2.23. The van der Waals surface area contributed by atoms with Crippen molar-refractivity contribution < 1.29 is 9.59 Å². The van der Waals surface area contributed by atoms with Gasteiger partial charge in [-0.2, -0.15) is 0 Å². The van der Waals surface area contributed by atoms with Gasteiger partial charge in [0.05, 0.1) is 4.83 Å². The standard InChI is InChI=1S/C20H30BrN5O2/c1-12(2)17-16(21)18(25-24-17)20(28)23-15-5-3-4-13(10-15)11-26-8-6-14(7-9-26)19(22)27/h3-5,10,12,14,16-18,24-25H,6-9,11H2,1-2H3,(H2,22,27)(H,23,28). The number of hydrogen-bond acceptors (Lipinski definition) is 5. The summed E-state index contributed by atoms with van der Waals surface area (Å²) in [4.78, 5) is 26.4. The minimum absolute atomic E-state index is 0.00116. The second kappa shape index (κ2) is 9.35. The Morgan fingerprint density at radius 3 is 2.61 bits per heavy atom. The molecule has 0 bridgehead atoms. The molecule has 5 N–H and O–H groups in total. The highest BCUT2D eigenvalue weighted by Gasteiger charge is 2.39. The predicted molar refractivity (Wildman–Crippen MR) is 114 cm³/mol. The highest BCUT2D eigenvalue weighted by atomic mass is 79.9. The second-order valence-corrected chi connectivity index (χ2v) is 9.18. The number of hydrogen-bond donors (Lipinski definition) is 4. The van der Waals surface area contributed by atoms with Crippen molar-refractivity contribution in [3.8, 4) is 0 Å². The maximum Gasteiger partial charge on any atom is 0.244 e. The van der Waals surface area contributed by atoms with Gasteiger partial charge >= 0.3 is 0 Å². The predicted octanol–water partition coefficient (Wildman–Crippen LogP) is 1.59. The van der Waals surface area contributed by atoms with E-state index < -0.39 is 0 Å². The number of halogens is 1. The molecule has 2 aliphatic rings. The van der Waals surface area contributed by atoms with E-state index >= 15 is 0 Å². The lowest BCUT2D eigenvalue weighted by atomic mass is 9.96. The average molecular weight is 452 g/mol. The van der Waals surface area contributed by atoms with E-state index in [1.165, 1.54) is 0 Å². The normalized spacial score (nSPS) is 26.5. The molecular weight excluding hydrogens is 422 g/mol. The molecule has 1 aromatic rings. The lowest BCUT2D eigenvalue weighted by Gasteiger charge is -2.30. The van der Waals surface area contributed by atoms with E-state index in [-0.39, 0.29) is 34.6 Å². The molecule has 8 heteroatoms. The van der Waals surface area contributed by atoms with Crippen molar-refractivity contribution in [1.82, 2.24) is 15.8 Å². The summed E-state index contributed by atoms with van der Waals surface area (Å²) in [5.41, 5.74) is 13.6. The van der Waals surface area contributed by atoms with E-state index in [1.807, 2.05) is 18.2 Å². The molecule has 2 fully saturated rings. The van der Waals surface area contributed by atoms with Crippen LogP contribution in [-0.2, 0) is 16.1 Å². The molecule has 3 unspecified atom stereocenters. The number of anilines is 1. The maximum atomic E-state index is 12.7. The summed E-state index contributed by atoms with van der Waals surface area (Å²) in [6.45, 7) is 6.79. The number of carbonyl (C=O) groups is 2. The van der Waals surface area contributed by atoms with Crippen LogP contribution in [0.15, 0.2) is 24.3 Å². The number of benzene rings is 1. The summed E-state index contributed by atoms with van der Waals surface area (Å²) in [6, 6.07) is 7.82. The fourth-order valence-corrected chi connectivity index (χ4v) is 5.01. The minimum atomic E-state index is -0.330. The summed E-state index contributed by atoms with van der Waals surface area (Å²) in [6.07, 6.45) is 1.63. The number of primary amides is 1. The van der Waals surface area contributed by atoms with Gasteiger partial charge in [-0.15, -0.1) is 0 Å². The smallest absolute Gasteiger partial charge is 0.244 e. The molecular formula is C20H30BrN5O2. The molecule has 2 amide bonds. The second-order valence-electron chi connectivity index (χ2n) is 8.12. The van der Waals surface area contributed by atoms with Crippen molar-refractivity contribution in [2.24, 2.45) is 17.6 Å². The Bertz CT molecular complexity index is 706. The van der Waals surface area contributed by atoms with Crippen LogP contribution in [0.25, 0.3) is 0 Å². The third kappa shape index (κ3) is 5.11. The van der Waals surface area contributed by atoms with Crippen molar-refractivity contribution in [3.05, 3.63) is 29.8 Å². The summed E-state index contributed by atoms with van der Waals surface area (Å²) in [7, 11) is 0. The van der Waals surface area contributed by atoms with Gasteiger partial charge in [0.2, 0.25) is 11.8 Å². The Kier molecular flexibility index (Phi) is 7.09. The lowest BCUT2D eigenvalue weighted by molar-refractivity contribution is -0.123. The van der Waals surface area contributed by atoms with Crippen LogP contribution in [0.3, 0.4) is 0 Å². The molecule has 0 aliphatic carbocycles. The number of nitrogens with two attached hydrogens (primary N) is 1. The third-order valence-electron chi connectivity index (χ3n) is 5.66. The summed E-state index contributed by atoms with van der Waals surface area (Å²) in [5, 5.41) is 3.02. The first-order chi connectivity index (χ1) is 13.3. The SMILES string of the molecule is CC(C)C1NNC(C(=O)Nc2cccc(CN3CCC(C(N)=O)CC3)c2)C1Br. The van der Waals surface area contributed by atoms with E-state index in [1.54, 1.807) is 0 Å². The molecule has 154 valence electrons. The first kappa shape index (κ1) is 21.2. The van der Waals surface area contributed by atoms with Gasteiger partial charge in [0.1, 0.15) is 6.04 Å². The van der Waals surface area contributed by atoms with Crippen molar-refractivity contribution in [3.63, 3.8) is 0 Å². The third-order valence-corrected chi connectivity index (χ3v) is 6.76. The zero-order valence-electron chi connectivity index (χ0n) is 16.5. The molecule has 2 saturated heterocycles. The van der Waals surface area contributed by atoms with Gasteiger partial charge in [0.15, 0.2) is 0 Å². The first-order valence-electron chi connectivity index (χ1n) is 9.91. The lowest BCUT2D eigenvalue weighted by Crippen LogP contribution is -2.42. The molecule has 3 atom stereocenters. The number of nitrogens with one attached hydrogen (secondary N) is 3. The Balaban J connectivity index is 1.55. The van der Waals surface area contributed by atoms with Gasteiger partial charge < -0.3 is 11.1 Å². The van der Waals surface area contributed by atoms with Gasteiger partial charge in [0.25, 0.3) is 0 Å². The minimum Gasteiger partial charge on any atom is -0.369 e. The van der Waals surface area contributed by atoms with Crippen molar-refractivity contribution in [2.45, 2.75) is 50.1 Å². The van der Waals surface area contributed by atoms with Crippen LogP contribution in [-0.4, -0.2) is 46.7 Å². The number of likely N-dealkylation sites (tertiary alicyclic amines) is 1. The van der Waals surface area contributed by atoms with Crippen LogP contribution >= 0.6 is 15.9 Å². The summed E-state index contributed by atoms with van der Waals surface area (Å²) >= 11 is 3.66. The van der Waals surface area contributed by atoms with Crippen molar-refractivity contribution >= 4 is 33.4 Å². The van der Waals surface area contributed by atoms with E-state index in [9.17, 15) is 9.59 Å². The maximum absolute atomic E-state index is 12.7. The Morgan fingerprint density at radius 2 is 2.00 bits per heavy atom. The van der Waals surface area contributed by atoms with Gasteiger partial charge in [-0.25, -0.2) is 5.43 Å². The Morgan fingerprint density at radius 1 is 1.29 bits per heavy atom. The monoisotopic (exact) mass is 451 g/mol. The van der Waals surface area contributed by atoms with E-state index in [2.05, 4.69) is 56.9 Å². The number of amides is 2. The number of nitrogens with zero attached hydrogens (tertiary/aromatic N) is 1. The largest absolute Gasteiger partial charge is 0.369 e.